The highest BCUT2D eigenvalue weighted by atomic mass is 79.9. The van der Waals surface area contributed by atoms with Gasteiger partial charge in [0.05, 0.1) is 12.5 Å². The Morgan fingerprint density at radius 1 is 1.07 bits per heavy atom. The quantitative estimate of drug-likeness (QED) is 0.574. The number of amides is 2. The van der Waals surface area contributed by atoms with E-state index < -0.39 is 23.6 Å². The largest absolute Gasteiger partial charge is 0.460 e. The zero-order valence-electron chi connectivity index (χ0n) is 16.6. The van der Waals surface area contributed by atoms with Crippen LogP contribution in [0.15, 0.2) is 28.7 Å². The zero-order chi connectivity index (χ0) is 20.6. The van der Waals surface area contributed by atoms with Gasteiger partial charge in [-0.3, -0.25) is 9.59 Å². The van der Waals surface area contributed by atoms with Gasteiger partial charge in [0.1, 0.15) is 5.60 Å². The first-order chi connectivity index (χ1) is 12.5. The van der Waals surface area contributed by atoms with Crippen molar-refractivity contribution in [2.75, 3.05) is 5.32 Å². The van der Waals surface area contributed by atoms with Gasteiger partial charge < -0.3 is 15.4 Å². The lowest BCUT2D eigenvalue weighted by atomic mass is 9.98. The van der Waals surface area contributed by atoms with Gasteiger partial charge in [0.25, 0.3) is 0 Å². The van der Waals surface area contributed by atoms with E-state index in [0.29, 0.717) is 12.1 Å². The highest BCUT2D eigenvalue weighted by Gasteiger charge is 2.24. The molecule has 2 N–H and O–H groups in total. The van der Waals surface area contributed by atoms with Crippen LogP contribution in [0.2, 0.25) is 0 Å². The molecule has 6 nitrogen and oxygen atoms in total. The number of Topliss-reactive ketones (excluding diaryl/α,β-unsaturated/α-hetero) is 1. The number of ketones is 1. The number of halogens is 1. The topological polar surface area (TPSA) is 84.5 Å². The van der Waals surface area contributed by atoms with E-state index in [-0.39, 0.29) is 24.5 Å². The molecule has 0 aromatic heterocycles. The number of anilines is 1. The fourth-order valence-corrected chi connectivity index (χ4v) is 2.66. The van der Waals surface area contributed by atoms with Gasteiger partial charge in [-0.2, -0.15) is 0 Å². The third-order valence-electron chi connectivity index (χ3n) is 3.50. The predicted octanol–water partition coefficient (Wildman–Crippen LogP) is 4.68. The van der Waals surface area contributed by atoms with Crippen LogP contribution in [0, 0.1) is 5.92 Å². The molecule has 27 heavy (non-hydrogen) atoms. The van der Waals surface area contributed by atoms with Crippen molar-refractivity contribution in [2.45, 2.75) is 65.5 Å². The third-order valence-corrected chi connectivity index (χ3v) is 4.03. The first-order valence-electron chi connectivity index (χ1n) is 9.04. The molecule has 1 aromatic rings. The van der Waals surface area contributed by atoms with Crippen LogP contribution in [-0.2, 0) is 14.3 Å². The first kappa shape index (κ1) is 23.1. The molecule has 0 bridgehead atoms. The van der Waals surface area contributed by atoms with Gasteiger partial charge >= 0.3 is 12.0 Å². The molecule has 7 heteroatoms. The van der Waals surface area contributed by atoms with Crippen molar-refractivity contribution in [1.29, 1.82) is 0 Å². The molecule has 0 heterocycles. The van der Waals surface area contributed by atoms with Crippen LogP contribution in [0.25, 0.3) is 0 Å². The molecule has 150 valence electrons. The molecule has 0 aliphatic heterocycles. The van der Waals surface area contributed by atoms with Crippen molar-refractivity contribution >= 4 is 39.4 Å². The van der Waals surface area contributed by atoms with E-state index in [1.807, 2.05) is 26.0 Å². The van der Waals surface area contributed by atoms with Crippen LogP contribution in [0.3, 0.4) is 0 Å². The number of carbonyl (C=O) groups excluding carboxylic acids is 3. The van der Waals surface area contributed by atoms with Crippen LogP contribution >= 0.6 is 15.9 Å². The van der Waals surface area contributed by atoms with Gasteiger partial charge in [0.15, 0.2) is 5.78 Å². The molecular formula is C20H29BrN2O4. The summed E-state index contributed by atoms with van der Waals surface area (Å²) in [5.41, 5.74) is 0.0421. The summed E-state index contributed by atoms with van der Waals surface area (Å²) in [7, 11) is 0. The van der Waals surface area contributed by atoms with Crippen LogP contribution in [0.4, 0.5) is 10.5 Å². The van der Waals surface area contributed by atoms with Gasteiger partial charge in [-0.25, -0.2) is 4.79 Å². The number of nitrogens with one attached hydrogen (secondary N) is 2. The molecule has 0 fully saturated rings. The van der Waals surface area contributed by atoms with E-state index in [4.69, 9.17) is 4.74 Å². The molecule has 0 radical (unpaired) electrons. The van der Waals surface area contributed by atoms with E-state index in [1.54, 1.807) is 32.9 Å². The van der Waals surface area contributed by atoms with Crippen molar-refractivity contribution < 1.29 is 19.1 Å². The lowest BCUT2D eigenvalue weighted by Crippen LogP contribution is -2.44. The Morgan fingerprint density at radius 2 is 1.67 bits per heavy atom. The Balaban J connectivity index is 2.62. The Labute approximate surface area is 169 Å². The fourth-order valence-electron chi connectivity index (χ4n) is 2.39. The molecule has 0 saturated heterocycles. The van der Waals surface area contributed by atoms with Crippen molar-refractivity contribution in [2.24, 2.45) is 5.92 Å². The number of hydrogen-bond donors (Lipinski definition) is 2. The summed E-state index contributed by atoms with van der Waals surface area (Å²) in [6.07, 6.45) is 0.534. The Bertz CT molecular complexity index is 651. The molecule has 1 rings (SSSR count). The number of urea groups is 1. The maximum absolute atomic E-state index is 12.5. The summed E-state index contributed by atoms with van der Waals surface area (Å²) in [5.74, 6) is -0.382. The van der Waals surface area contributed by atoms with E-state index in [9.17, 15) is 14.4 Å². The molecule has 0 saturated carbocycles. The maximum atomic E-state index is 12.5. The summed E-state index contributed by atoms with van der Waals surface area (Å²) < 4.78 is 6.13. The standard InChI is InChI=1S/C20H29BrN2O4/c1-13(2)12-16(17(24)10-11-18(25)27-20(3,4)5)23-19(26)22-15-8-6-14(21)7-9-15/h6-9,13,16H,10-12H2,1-5H3,(H2,22,23,26)/t16-/m0/s1. The second kappa shape index (κ2) is 10.4. The van der Waals surface area contributed by atoms with Crippen LogP contribution < -0.4 is 10.6 Å². The Hall–Kier alpha value is -1.89. The minimum atomic E-state index is -0.650. The summed E-state index contributed by atoms with van der Waals surface area (Å²) in [6.45, 7) is 9.29. The van der Waals surface area contributed by atoms with Gasteiger partial charge in [-0.05, 0) is 57.4 Å². The SMILES string of the molecule is CC(C)C[C@H](NC(=O)Nc1ccc(Br)cc1)C(=O)CCC(=O)OC(C)(C)C. The molecular weight excluding hydrogens is 412 g/mol. The number of ether oxygens (including phenoxy) is 1. The molecule has 1 atom stereocenters. The summed E-state index contributed by atoms with van der Waals surface area (Å²) in [6, 6.07) is 6.04. The summed E-state index contributed by atoms with van der Waals surface area (Å²) in [5, 5.41) is 5.43. The fraction of sp³-hybridized carbons (Fsp3) is 0.550. The summed E-state index contributed by atoms with van der Waals surface area (Å²) in [4.78, 5) is 36.6. The smallest absolute Gasteiger partial charge is 0.319 e. The van der Waals surface area contributed by atoms with Crippen LogP contribution in [-0.4, -0.2) is 29.4 Å². The predicted molar refractivity (Wildman–Crippen MR) is 110 cm³/mol. The number of carbonyl (C=O) groups is 3. The maximum Gasteiger partial charge on any atom is 0.319 e. The third kappa shape index (κ3) is 10.1. The van der Waals surface area contributed by atoms with E-state index in [2.05, 4.69) is 26.6 Å². The molecule has 1 aromatic carbocycles. The highest BCUT2D eigenvalue weighted by molar-refractivity contribution is 9.10. The lowest BCUT2D eigenvalue weighted by Gasteiger charge is -2.21. The van der Waals surface area contributed by atoms with Gasteiger partial charge in [0.2, 0.25) is 0 Å². The van der Waals surface area contributed by atoms with Gasteiger partial charge in [0, 0.05) is 16.6 Å². The number of esters is 1. The normalized spacial score (nSPS) is 12.4. The van der Waals surface area contributed by atoms with E-state index in [0.717, 1.165) is 4.47 Å². The monoisotopic (exact) mass is 440 g/mol. The van der Waals surface area contributed by atoms with E-state index in [1.165, 1.54) is 0 Å². The number of benzene rings is 1. The minimum absolute atomic E-state index is 0.000704. The van der Waals surface area contributed by atoms with Crippen molar-refractivity contribution in [3.63, 3.8) is 0 Å². The molecule has 0 aliphatic carbocycles. The summed E-state index contributed by atoms with van der Waals surface area (Å²) >= 11 is 3.33. The van der Waals surface area contributed by atoms with Crippen molar-refractivity contribution in [1.82, 2.24) is 5.32 Å². The molecule has 2 amide bonds. The van der Waals surface area contributed by atoms with E-state index >= 15 is 0 Å². The lowest BCUT2D eigenvalue weighted by molar-refractivity contribution is -0.155. The van der Waals surface area contributed by atoms with Crippen LogP contribution in [0.1, 0.15) is 53.9 Å². The first-order valence-corrected chi connectivity index (χ1v) is 9.83. The molecule has 0 spiro atoms. The molecule has 0 aliphatic rings. The van der Waals surface area contributed by atoms with Crippen molar-refractivity contribution in [3.8, 4) is 0 Å². The highest BCUT2D eigenvalue weighted by Crippen LogP contribution is 2.15. The Kier molecular flexibility index (Phi) is 8.96. The van der Waals surface area contributed by atoms with Gasteiger partial charge in [-0.1, -0.05) is 29.8 Å². The van der Waals surface area contributed by atoms with Crippen LogP contribution in [0.5, 0.6) is 0 Å². The number of hydrogen-bond acceptors (Lipinski definition) is 4. The van der Waals surface area contributed by atoms with Gasteiger partial charge in [-0.15, -0.1) is 0 Å². The van der Waals surface area contributed by atoms with Crippen molar-refractivity contribution in [3.05, 3.63) is 28.7 Å². The average Bonchev–Trinajstić information content (AvgIpc) is 2.52. The number of rotatable bonds is 8. The molecule has 0 unspecified atom stereocenters. The minimum Gasteiger partial charge on any atom is -0.460 e. The Morgan fingerprint density at radius 3 is 2.19 bits per heavy atom. The second-order valence-electron chi connectivity index (χ2n) is 7.84. The zero-order valence-corrected chi connectivity index (χ0v) is 18.2. The average molecular weight is 441 g/mol. The second-order valence-corrected chi connectivity index (χ2v) is 8.76.